The lowest BCUT2D eigenvalue weighted by atomic mass is 9.62. The van der Waals surface area contributed by atoms with Crippen molar-refractivity contribution in [2.45, 2.75) is 40.2 Å². The fourth-order valence-electron chi connectivity index (χ4n) is 4.20. The van der Waals surface area contributed by atoms with Gasteiger partial charge in [-0.15, -0.1) is 0 Å². The Labute approximate surface area is 155 Å². The van der Waals surface area contributed by atoms with E-state index in [2.05, 4.69) is 29.4 Å². The molecule has 4 unspecified atom stereocenters. The maximum Gasteiger partial charge on any atom is 0.321 e. The Morgan fingerprint density at radius 2 is 1.96 bits per heavy atom. The Balaban J connectivity index is 0.000000948. The van der Waals surface area contributed by atoms with Crippen LogP contribution in [0, 0.1) is 17.3 Å². The molecule has 1 aliphatic carbocycles. The molecule has 1 fully saturated rings. The van der Waals surface area contributed by atoms with Crippen LogP contribution in [0.25, 0.3) is 0 Å². The predicted molar refractivity (Wildman–Crippen MR) is 103 cm³/mol. The first-order chi connectivity index (χ1) is 12.3. The number of fused-ring (bicyclic) bond motifs is 3. The first kappa shape index (κ1) is 19.2. The lowest BCUT2D eigenvalue weighted by molar-refractivity contribution is -0.130. The van der Waals surface area contributed by atoms with Gasteiger partial charge in [0.2, 0.25) is 0 Å². The smallest absolute Gasteiger partial charge is 0.321 e. The Hall–Kier alpha value is -1.57. The van der Waals surface area contributed by atoms with Crippen LogP contribution in [0.1, 0.15) is 45.8 Å². The van der Waals surface area contributed by atoms with Crippen LogP contribution in [0.5, 0.6) is 0 Å². The van der Waals surface area contributed by atoms with Crippen molar-refractivity contribution < 1.29 is 18.3 Å². The van der Waals surface area contributed by atoms with Gasteiger partial charge in [0.05, 0.1) is 30.7 Å². The summed E-state index contributed by atoms with van der Waals surface area (Å²) in [6.07, 6.45) is 3.01. The van der Waals surface area contributed by atoms with Crippen LogP contribution in [-0.2, 0) is 14.9 Å². The fourth-order valence-corrected chi connectivity index (χ4v) is 5.17. The average molecular weight is 381 g/mol. The van der Waals surface area contributed by atoms with Crippen molar-refractivity contribution >= 4 is 21.6 Å². The third kappa shape index (κ3) is 3.12. The lowest BCUT2D eigenvalue weighted by Crippen LogP contribution is -2.47. The van der Waals surface area contributed by atoms with Crippen molar-refractivity contribution in [1.29, 1.82) is 0 Å². The standard InChI is InChI=1S/C17H22N2O4S.C2H6/c1-10-5-11(2)17(8-20)7-13(10)16(23-9-17)12-3-4-14-15(6-12)19-24(21,22)18-14;1-2/h3-6,11,13,16,18-20H,7-9H2,1-2H3;1-2H3. The van der Waals surface area contributed by atoms with E-state index in [1.54, 1.807) is 6.07 Å². The van der Waals surface area contributed by atoms with Crippen LogP contribution in [0.3, 0.4) is 0 Å². The number of benzene rings is 1. The molecule has 0 aromatic heterocycles. The molecule has 3 aliphatic rings. The highest BCUT2D eigenvalue weighted by Crippen LogP contribution is 2.52. The summed E-state index contributed by atoms with van der Waals surface area (Å²) in [5, 5.41) is 9.90. The molecule has 4 rings (SSSR count). The number of hydrogen-bond acceptors (Lipinski definition) is 4. The lowest BCUT2D eigenvalue weighted by Gasteiger charge is -2.50. The van der Waals surface area contributed by atoms with Crippen molar-refractivity contribution in [2.75, 3.05) is 22.7 Å². The maximum atomic E-state index is 11.6. The zero-order valence-electron chi connectivity index (χ0n) is 15.7. The monoisotopic (exact) mass is 380 g/mol. The molecule has 7 heteroatoms. The van der Waals surface area contributed by atoms with E-state index in [9.17, 15) is 13.5 Å². The third-order valence-corrected chi connectivity index (χ3v) is 6.76. The van der Waals surface area contributed by atoms with Gasteiger partial charge in [-0.2, -0.15) is 8.42 Å². The summed E-state index contributed by atoms with van der Waals surface area (Å²) in [7, 11) is -3.49. The normalized spacial score (nSPS) is 33.7. The molecule has 144 valence electrons. The van der Waals surface area contributed by atoms with E-state index in [4.69, 9.17) is 4.74 Å². The topological polar surface area (TPSA) is 87.7 Å². The molecule has 4 atom stereocenters. The van der Waals surface area contributed by atoms with E-state index in [1.165, 1.54) is 5.57 Å². The summed E-state index contributed by atoms with van der Waals surface area (Å²) in [4.78, 5) is 0. The van der Waals surface area contributed by atoms with Crippen molar-refractivity contribution in [3.63, 3.8) is 0 Å². The summed E-state index contributed by atoms with van der Waals surface area (Å²) in [5.41, 5.74) is 3.14. The number of ether oxygens (including phenoxy) is 1. The van der Waals surface area contributed by atoms with Crippen LogP contribution in [0.15, 0.2) is 29.8 Å². The molecule has 0 amide bonds. The van der Waals surface area contributed by atoms with E-state index in [0.717, 1.165) is 12.0 Å². The van der Waals surface area contributed by atoms with Crippen LogP contribution in [0.4, 0.5) is 11.4 Å². The van der Waals surface area contributed by atoms with Crippen LogP contribution in [0.2, 0.25) is 0 Å². The van der Waals surface area contributed by atoms with Gasteiger partial charge in [0, 0.05) is 11.3 Å². The highest BCUT2D eigenvalue weighted by atomic mass is 32.2. The van der Waals surface area contributed by atoms with Gasteiger partial charge in [0.1, 0.15) is 0 Å². The Kier molecular flexibility index (Phi) is 5.07. The van der Waals surface area contributed by atoms with Gasteiger partial charge in [-0.25, -0.2) is 0 Å². The van der Waals surface area contributed by atoms with Gasteiger partial charge in [-0.05, 0) is 37.0 Å². The molecular formula is C19H28N2O4S. The second kappa shape index (κ2) is 6.87. The first-order valence-corrected chi connectivity index (χ1v) is 10.7. The largest absolute Gasteiger partial charge is 0.396 e. The number of anilines is 2. The minimum absolute atomic E-state index is 0.120. The maximum absolute atomic E-state index is 11.6. The molecule has 1 aromatic carbocycles. The summed E-state index contributed by atoms with van der Waals surface area (Å²) < 4.78 is 34.4. The number of rotatable bonds is 2. The molecule has 0 spiro atoms. The summed E-state index contributed by atoms with van der Waals surface area (Å²) >= 11 is 0. The number of nitrogens with one attached hydrogen (secondary N) is 2. The molecule has 1 aromatic rings. The van der Waals surface area contributed by atoms with Crippen molar-refractivity contribution in [3.8, 4) is 0 Å². The minimum Gasteiger partial charge on any atom is -0.396 e. The molecule has 26 heavy (non-hydrogen) atoms. The molecule has 2 bridgehead atoms. The van der Waals surface area contributed by atoms with Gasteiger partial charge >= 0.3 is 10.2 Å². The highest BCUT2D eigenvalue weighted by molar-refractivity contribution is 7.94. The molecular weight excluding hydrogens is 352 g/mol. The second-order valence-electron chi connectivity index (χ2n) is 7.27. The Morgan fingerprint density at radius 1 is 1.27 bits per heavy atom. The third-order valence-electron chi connectivity index (χ3n) is 5.78. The van der Waals surface area contributed by atoms with Crippen molar-refractivity contribution in [3.05, 3.63) is 35.4 Å². The molecule has 3 N–H and O–H groups in total. The molecule has 2 aliphatic heterocycles. The number of aliphatic hydroxyl groups excluding tert-OH is 1. The van der Waals surface area contributed by atoms with E-state index in [1.807, 2.05) is 26.0 Å². The zero-order chi connectivity index (χ0) is 19.1. The average Bonchev–Trinajstić information content (AvgIpc) is 2.94. The van der Waals surface area contributed by atoms with Gasteiger partial charge < -0.3 is 9.84 Å². The quantitative estimate of drug-likeness (QED) is 0.686. The van der Waals surface area contributed by atoms with Crippen LogP contribution < -0.4 is 9.44 Å². The molecule has 0 saturated carbocycles. The molecule has 0 radical (unpaired) electrons. The number of aliphatic hydroxyl groups is 1. The zero-order valence-corrected chi connectivity index (χ0v) is 16.6. The van der Waals surface area contributed by atoms with Crippen LogP contribution >= 0.6 is 0 Å². The van der Waals surface area contributed by atoms with Crippen molar-refractivity contribution in [1.82, 2.24) is 0 Å². The molecule has 1 saturated heterocycles. The Morgan fingerprint density at radius 3 is 2.65 bits per heavy atom. The molecule has 6 nitrogen and oxygen atoms in total. The predicted octanol–water partition coefficient (Wildman–Crippen LogP) is 3.45. The first-order valence-electron chi connectivity index (χ1n) is 9.19. The van der Waals surface area contributed by atoms with Crippen molar-refractivity contribution in [2.24, 2.45) is 17.3 Å². The fraction of sp³-hybridized carbons (Fsp3) is 0.579. The summed E-state index contributed by atoms with van der Waals surface area (Å²) in [6.45, 7) is 8.88. The number of hydrogen-bond donors (Lipinski definition) is 3. The number of allylic oxidation sites excluding steroid dienone is 1. The summed E-state index contributed by atoms with van der Waals surface area (Å²) in [6, 6.07) is 5.52. The van der Waals surface area contributed by atoms with Gasteiger partial charge in [0.15, 0.2) is 0 Å². The Bertz CT molecular complexity index is 821. The highest BCUT2D eigenvalue weighted by Gasteiger charge is 2.48. The van der Waals surface area contributed by atoms with Crippen LogP contribution in [-0.4, -0.2) is 26.7 Å². The van der Waals surface area contributed by atoms with E-state index in [-0.39, 0.29) is 30.0 Å². The second-order valence-corrected chi connectivity index (χ2v) is 8.69. The van der Waals surface area contributed by atoms with Gasteiger partial charge in [-0.3, -0.25) is 9.44 Å². The van der Waals surface area contributed by atoms with E-state index >= 15 is 0 Å². The summed E-state index contributed by atoms with van der Waals surface area (Å²) in [5.74, 6) is 0.488. The van der Waals surface area contributed by atoms with E-state index < -0.39 is 10.2 Å². The SMILES string of the molecule is CC.CC1=CC(C)C2(CO)COC(c3ccc4c(c3)NS(=O)(=O)N4)C1C2. The van der Waals surface area contributed by atoms with E-state index in [0.29, 0.717) is 18.0 Å². The minimum atomic E-state index is -3.49. The molecule has 2 heterocycles. The van der Waals surface area contributed by atoms with Gasteiger partial charge in [0.25, 0.3) is 0 Å². The van der Waals surface area contributed by atoms with Gasteiger partial charge in [-0.1, -0.05) is 38.5 Å².